The summed E-state index contributed by atoms with van der Waals surface area (Å²) in [7, 11) is 0. The summed E-state index contributed by atoms with van der Waals surface area (Å²) in [5.41, 5.74) is 4.31. The lowest BCUT2D eigenvalue weighted by Crippen LogP contribution is -2.57. The highest BCUT2D eigenvalue weighted by Gasteiger charge is 2.38. The van der Waals surface area contributed by atoms with E-state index in [4.69, 9.17) is 0 Å². The van der Waals surface area contributed by atoms with Gasteiger partial charge in [-0.3, -0.25) is 24.3 Å². The molecule has 1 aliphatic carbocycles. The summed E-state index contributed by atoms with van der Waals surface area (Å²) in [4.78, 5) is 51.9. The van der Waals surface area contributed by atoms with Crippen LogP contribution in [0.25, 0.3) is 11.6 Å². The van der Waals surface area contributed by atoms with E-state index in [9.17, 15) is 14.4 Å². The molecule has 0 bridgehead atoms. The van der Waals surface area contributed by atoms with Crippen molar-refractivity contribution in [2.45, 2.75) is 25.9 Å². The second kappa shape index (κ2) is 9.55. The van der Waals surface area contributed by atoms with Crippen molar-refractivity contribution >= 4 is 35.2 Å². The molecule has 6 rings (SSSR count). The summed E-state index contributed by atoms with van der Waals surface area (Å²) in [5, 5.41) is 2.92. The lowest BCUT2D eigenvalue weighted by atomic mass is 9.99. The molecule has 2 fully saturated rings. The van der Waals surface area contributed by atoms with Gasteiger partial charge in [0.2, 0.25) is 17.7 Å². The number of anilines is 1. The Bertz CT molecular complexity index is 1310. The Morgan fingerprint density at radius 2 is 1.95 bits per heavy atom. The summed E-state index contributed by atoms with van der Waals surface area (Å²) in [6.07, 6.45) is 12.1. The summed E-state index contributed by atoms with van der Waals surface area (Å²) in [6.45, 7) is 5.22. The predicted octanol–water partition coefficient (Wildman–Crippen LogP) is 2.04. The number of pyridine rings is 2. The monoisotopic (exact) mass is 498 g/mol. The molecule has 190 valence electrons. The van der Waals surface area contributed by atoms with Gasteiger partial charge in [0.05, 0.1) is 0 Å². The highest BCUT2D eigenvalue weighted by molar-refractivity contribution is 5.96. The van der Waals surface area contributed by atoms with Crippen LogP contribution in [0.5, 0.6) is 0 Å². The van der Waals surface area contributed by atoms with Crippen LogP contribution in [-0.2, 0) is 20.9 Å². The SMILES string of the molecule is CC(=O)N1CCN2Cc3cc(/C=C/C(=O)N4CC5C=C(c6ccncc6)CC5C4)cnc3NC(=O)C2C1. The van der Waals surface area contributed by atoms with Crippen LogP contribution < -0.4 is 5.32 Å². The van der Waals surface area contributed by atoms with Crippen molar-refractivity contribution in [3.05, 3.63) is 65.6 Å². The van der Waals surface area contributed by atoms with E-state index in [1.807, 2.05) is 35.5 Å². The Morgan fingerprint density at radius 3 is 2.73 bits per heavy atom. The molecule has 37 heavy (non-hydrogen) atoms. The molecule has 1 N–H and O–H groups in total. The number of amides is 3. The van der Waals surface area contributed by atoms with Crippen LogP contribution in [0.4, 0.5) is 5.82 Å². The number of aromatic nitrogens is 2. The number of hydrogen-bond acceptors (Lipinski definition) is 6. The molecule has 0 aromatic carbocycles. The minimum absolute atomic E-state index is 0.0110. The molecule has 2 aromatic heterocycles. The van der Waals surface area contributed by atoms with Gasteiger partial charge < -0.3 is 15.1 Å². The molecule has 2 saturated heterocycles. The van der Waals surface area contributed by atoms with Crippen LogP contribution in [0.2, 0.25) is 0 Å². The van der Waals surface area contributed by atoms with Gasteiger partial charge in [-0.15, -0.1) is 0 Å². The molecule has 5 heterocycles. The number of likely N-dealkylation sites (tertiary alicyclic amines) is 1. The van der Waals surface area contributed by atoms with Crippen LogP contribution in [0, 0.1) is 11.8 Å². The van der Waals surface area contributed by atoms with Crippen LogP contribution in [0.15, 0.2) is 48.9 Å². The molecule has 3 unspecified atom stereocenters. The molecular weight excluding hydrogens is 468 g/mol. The van der Waals surface area contributed by atoms with Crippen molar-refractivity contribution in [3.8, 4) is 0 Å². The van der Waals surface area contributed by atoms with Gasteiger partial charge in [-0.05, 0) is 59.2 Å². The second-order valence-corrected chi connectivity index (χ2v) is 10.3. The third-order valence-corrected chi connectivity index (χ3v) is 8.01. The maximum atomic E-state index is 13.0. The van der Waals surface area contributed by atoms with Crippen molar-refractivity contribution in [2.24, 2.45) is 11.8 Å². The third kappa shape index (κ3) is 4.67. The molecule has 2 aromatic rings. The maximum Gasteiger partial charge on any atom is 0.246 e. The number of carbonyl (C=O) groups excluding carboxylic acids is 3. The topological polar surface area (TPSA) is 98.7 Å². The van der Waals surface area contributed by atoms with Crippen molar-refractivity contribution in [1.82, 2.24) is 24.7 Å². The zero-order valence-corrected chi connectivity index (χ0v) is 20.8. The lowest BCUT2D eigenvalue weighted by Gasteiger charge is -2.38. The molecule has 9 nitrogen and oxygen atoms in total. The van der Waals surface area contributed by atoms with Gasteiger partial charge in [-0.25, -0.2) is 4.98 Å². The number of fused-ring (bicyclic) bond motifs is 3. The van der Waals surface area contributed by atoms with Crippen LogP contribution in [0.3, 0.4) is 0 Å². The molecule has 4 aliphatic rings. The largest absolute Gasteiger partial charge is 0.340 e. The van der Waals surface area contributed by atoms with E-state index >= 15 is 0 Å². The fourth-order valence-electron chi connectivity index (χ4n) is 5.96. The van der Waals surface area contributed by atoms with E-state index in [0.717, 1.165) is 30.6 Å². The Labute approximate surface area is 215 Å². The van der Waals surface area contributed by atoms with Gasteiger partial charge in [0.25, 0.3) is 0 Å². The van der Waals surface area contributed by atoms with Gasteiger partial charge in [0.15, 0.2) is 0 Å². The summed E-state index contributed by atoms with van der Waals surface area (Å²) in [5.74, 6) is 1.26. The Balaban J connectivity index is 1.11. The zero-order valence-electron chi connectivity index (χ0n) is 20.8. The van der Waals surface area contributed by atoms with E-state index < -0.39 is 6.04 Å². The number of hydrogen-bond donors (Lipinski definition) is 1. The molecule has 3 atom stereocenters. The number of rotatable bonds is 3. The van der Waals surface area contributed by atoms with E-state index in [0.29, 0.717) is 43.8 Å². The summed E-state index contributed by atoms with van der Waals surface area (Å²) in [6, 6.07) is 5.68. The molecule has 0 spiro atoms. The van der Waals surface area contributed by atoms with E-state index in [1.54, 1.807) is 23.2 Å². The molecule has 0 saturated carbocycles. The number of nitrogens with zero attached hydrogens (tertiary/aromatic N) is 5. The minimum Gasteiger partial charge on any atom is -0.340 e. The Morgan fingerprint density at radius 1 is 1.11 bits per heavy atom. The molecular formula is C28H30N6O3. The van der Waals surface area contributed by atoms with E-state index in [-0.39, 0.29) is 17.7 Å². The lowest BCUT2D eigenvalue weighted by molar-refractivity contribution is -0.134. The zero-order chi connectivity index (χ0) is 25.5. The first kappa shape index (κ1) is 23.5. The first-order chi connectivity index (χ1) is 17.9. The normalized spacial score (nSPS) is 25.3. The minimum atomic E-state index is -0.393. The first-order valence-corrected chi connectivity index (χ1v) is 12.8. The standard InChI is InChI=1S/C28H30N6O3/c1-18(35)32-8-9-33-16-24-10-19(13-30-27(24)31-28(37)25(33)17-32)2-3-26(36)34-14-22-11-21(12-23(22)15-34)20-4-6-29-7-5-20/h2-7,10-11,13,22-23,25H,8-9,12,14-17H2,1H3,(H,30,31,37)/b3-2+. The van der Waals surface area contributed by atoms with Crippen LogP contribution in [-0.4, -0.2) is 81.2 Å². The number of nitrogens with one attached hydrogen (secondary N) is 1. The van der Waals surface area contributed by atoms with Gasteiger partial charge in [0.1, 0.15) is 11.9 Å². The smallest absolute Gasteiger partial charge is 0.246 e. The number of piperazine rings is 1. The highest BCUT2D eigenvalue weighted by atomic mass is 16.2. The number of carbonyl (C=O) groups is 3. The van der Waals surface area contributed by atoms with Crippen molar-refractivity contribution < 1.29 is 14.4 Å². The van der Waals surface area contributed by atoms with E-state index in [2.05, 4.69) is 26.3 Å². The van der Waals surface area contributed by atoms with Crippen molar-refractivity contribution in [1.29, 1.82) is 0 Å². The third-order valence-electron chi connectivity index (χ3n) is 8.01. The summed E-state index contributed by atoms with van der Waals surface area (Å²) < 4.78 is 0. The van der Waals surface area contributed by atoms with Crippen LogP contribution >= 0.6 is 0 Å². The maximum absolute atomic E-state index is 13.0. The first-order valence-electron chi connectivity index (χ1n) is 12.8. The van der Waals surface area contributed by atoms with Crippen molar-refractivity contribution in [3.63, 3.8) is 0 Å². The fraction of sp³-hybridized carbons (Fsp3) is 0.393. The number of allylic oxidation sites excluding steroid dienone is 1. The van der Waals surface area contributed by atoms with Gasteiger partial charge >= 0.3 is 0 Å². The molecule has 3 aliphatic heterocycles. The predicted molar refractivity (Wildman–Crippen MR) is 139 cm³/mol. The fourth-order valence-corrected chi connectivity index (χ4v) is 5.96. The van der Waals surface area contributed by atoms with Gasteiger partial charge in [-0.1, -0.05) is 6.08 Å². The average Bonchev–Trinajstić information content (AvgIpc) is 3.45. The highest BCUT2D eigenvalue weighted by Crippen LogP contribution is 2.40. The average molecular weight is 499 g/mol. The summed E-state index contributed by atoms with van der Waals surface area (Å²) >= 11 is 0. The Hall–Kier alpha value is -3.85. The van der Waals surface area contributed by atoms with Crippen LogP contribution in [0.1, 0.15) is 30.0 Å². The second-order valence-electron chi connectivity index (χ2n) is 10.3. The Kier molecular flexibility index (Phi) is 6.08. The van der Waals surface area contributed by atoms with Crippen molar-refractivity contribution in [2.75, 3.05) is 38.0 Å². The van der Waals surface area contributed by atoms with Gasteiger partial charge in [0, 0.05) is 76.4 Å². The molecule has 0 radical (unpaired) electrons. The molecule has 3 amide bonds. The quantitative estimate of drug-likeness (QED) is 0.651. The van der Waals surface area contributed by atoms with Gasteiger partial charge in [-0.2, -0.15) is 0 Å². The molecule has 9 heteroatoms. The van der Waals surface area contributed by atoms with E-state index in [1.165, 1.54) is 18.1 Å².